The highest BCUT2D eigenvalue weighted by Crippen LogP contribution is 2.23. The van der Waals surface area contributed by atoms with Crippen molar-refractivity contribution >= 4 is 5.91 Å². The Kier molecular flexibility index (Phi) is 5.22. The van der Waals surface area contributed by atoms with Crippen LogP contribution in [0.4, 0.5) is 4.39 Å². The zero-order chi connectivity index (χ0) is 19.3. The quantitative estimate of drug-likeness (QED) is 0.722. The zero-order valence-electron chi connectivity index (χ0n) is 14.9. The summed E-state index contributed by atoms with van der Waals surface area (Å²) in [4.78, 5) is 24.1. The molecule has 3 aromatic heterocycles. The van der Waals surface area contributed by atoms with Crippen molar-refractivity contribution in [1.82, 2.24) is 25.4 Å². The molecule has 1 aliphatic rings. The van der Waals surface area contributed by atoms with Crippen LogP contribution in [0.25, 0.3) is 11.3 Å². The molecule has 0 atom stereocenters. The van der Waals surface area contributed by atoms with Crippen LogP contribution in [-0.2, 0) is 0 Å². The van der Waals surface area contributed by atoms with E-state index >= 15 is 0 Å². The fourth-order valence-electron chi connectivity index (χ4n) is 3.12. The molecule has 0 aliphatic heterocycles. The molecule has 0 aromatic carbocycles. The molecule has 0 unspecified atom stereocenters. The van der Waals surface area contributed by atoms with Gasteiger partial charge in [0, 0.05) is 30.1 Å². The molecule has 9 heteroatoms. The number of nitrogens with one attached hydrogen (secondary N) is 1. The number of rotatable bonds is 5. The van der Waals surface area contributed by atoms with Crippen molar-refractivity contribution in [2.45, 2.75) is 37.8 Å². The Balaban J connectivity index is 1.28. The predicted molar refractivity (Wildman–Crippen MR) is 95.9 cm³/mol. The lowest BCUT2D eigenvalue weighted by molar-refractivity contribution is 0.0876. The SMILES string of the molecule is O=C(NC1CCC(Oc2ncc(F)cn2)CC1)c1cc(-c2cccnc2)on1. The monoisotopic (exact) mass is 383 g/mol. The van der Waals surface area contributed by atoms with E-state index in [4.69, 9.17) is 9.26 Å². The van der Waals surface area contributed by atoms with E-state index in [1.807, 2.05) is 6.07 Å². The van der Waals surface area contributed by atoms with Gasteiger partial charge >= 0.3 is 6.01 Å². The summed E-state index contributed by atoms with van der Waals surface area (Å²) in [6.45, 7) is 0. The Bertz CT molecular complexity index is 924. The second-order valence-corrected chi connectivity index (χ2v) is 6.57. The molecule has 1 fully saturated rings. The highest BCUT2D eigenvalue weighted by Gasteiger charge is 2.25. The van der Waals surface area contributed by atoms with Crippen molar-refractivity contribution in [1.29, 1.82) is 0 Å². The molecule has 144 valence electrons. The lowest BCUT2D eigenvalue weighted by Crippen LogP contribution is -2.39. The van der Waals surface area contributed by atoms with Crippen molar-refractivity contribution in [2.75, 3.05) is 0 Å². The summed E-state index contributed by atoms with van der Waals surface area (Å²) in [7, 11) is 0. The molecule has 0 spiro atoms. The fourth-order valence-corrected chi connectivity index (χ4v) is 3.12. The minimum absolute atomic E-state index is 0.0278. The maximum absolute atomic E-state index is 12.8. The molecule has 0 saturated heterocycles. The average molecular weight is 383 g/mol. The Morgan fingerprint density at radius 1 is 1.18 bits per heavy atom. The van der Waals surface area contributed by atoms with E-state index < -0.39 is 5.82 Å². The minimum Gasteiger partial charge on any atom is -0.460 e. The lowest BCUT2D eigenvalue weighted by atomic mass is 9.93. The highest BCUT2D eigenvalue weighted by molar-refractivity contribution is 5.93. The van der Waals surface area contributed by atoms with Crippen molar-refractivity contribution in [3.63, 3.8) is 0 Å². The number of hydrogen-bond acceptors (Lipinski definition) is 7. The molecule has 3 aromatic rings. The molecule has 1 aliphatic carbocycles. The van der Waals surface area contributed by atoms with Gasteiger partial charge in [-0.1, -0.05) is 5.16 Å². The molecule has 28 heavy (non-hydrogen) atoms. The van der Waals surface area contributed by atoms with Crippen molar-refractivity contribution < 1.29 is 18.4 Å². The number of hydrogen-bond donors (Lipinski definition) is 1. The van der Waals surface area contributed by atoms with Gasteiger partial charge in [-0.05, 0) is 37.8 Å². The highest BCUT2D eigenvalue weighted by atomic mass is 19.1. The van der Waals surface area contributed by atoms with Gasteiger partial charge in [-0.15, -0.1) is 0 Å². The first-order valence-corrected chi connectivity index (χ1v) is 8.99. The summed E-state index contributed by atoms with van der Waals surface area (Å²) in [5, 5.41) is 6.83. The molecule has 1 saturated carbocycles. The predicted octanol–water partition coefficient (Wildman–Crippen LogP) is 2.79. The summed E-state index contributed by atoms with van der Waals surface area (Å²) >= 11 is 0. The largest absolute Gasteiger partial charge is 0.460 e. The number of pyridine rings is 1. The minimum atomic E-state index is -0.502. The van der Waals surface area contributed by atoms with Crippen LogP contribution in [0.5, 0.6) is 6.01 Å². The van der Waals surface area contributed by atoms with Crippen LogP contribution >= 0.6 is 0 Å². The standard InChI is InChI=1S/C19H18FN5O3/c20-13-10-22-19(23-11-13)27-15-5-3-14(4-6-15)24-18(26)16-8-17(28-25-16)12-2-1-7-21-9-12/h1-2,7-11,14-15H,3-6H2,(H,24,26). The van der Waals surface area contributed by atoms with Gasteiger partial charge in [0.2, 0.25) is 0 Å². The number of nitrogens with zero attached hydrogens (tertiary/aromatic N) is 4. The molecule has 1 amide bonds. The Hall–Kier alpha value is -3.36. The molecule has 3 heterocycles. The summed E-state index contributed by atoms with van der Waals surface area (Å²) in [5.41, 5.74) is 0.992. The average Bonchev–Trinajstić information content (AvgIpc) is 3.22. The van der Waals surface area contributed by atoms with Gasteiger partial charge in [-0.3, -0.25) is 9.78 Å². The topological polar surface area (TPSA) is 103 Å². The van der Waals surface area contributed by atoms with Crippen LogP contribution < -0.4 is 10.1 Å². The third-order valence-electron chi connectivity index (χ3n) is 4.57. The Morgan fingerprint density at radius 2 is 1.96 bits per heavy atom. The van der Waals surface area contributed by atoms with Crippen LogP contribution in [0, 0.1) is 5.82 Å². The molecular weight excluding hydrogens is 365 g/mol. The van der Waals surface area contributed by atoms with Gasteiger partial charge in [-0.2, -0.15) is 0 Å². The van der Waals surface area contributed by atoms with Gasteiger partial charge in [0.15, 0.2) is 17.3 Å². The third-order valence-corrected chi connectivity index (χ3v) is 4.57. The van der Waals surface area contributed by atoms with E-state index in [1.54, 1.807) is 24.5 Å². The maximum Gasteiger partial charge on any atom is 0.316 e. The van der Waals surface area contributed by atoms with Gasteiger partial charge in [0.05, 0.1) is 12.4 Å². The molecular formula is C19H18FN5O3. The first-order chi connectivity index (χ1) is 13.7. The van der Waals surface area contributed by atoms with E-state index in [0.717, 1.165) is 43.6 Å². The van der Waals surface area contributed by atoms with Gasteiger partial charge in [0.1, 0.15) is 6.10 Å². The number of carbonyl (C=O) groups is 1. The van der Waals surface area contributed by atoms with Gasteiger partial charge in [-0.25, -0.2) is 14.4 Å². The van der Waals surface area contributed by atoms with Crippen molar-refractivity contribution in [3.8, 4) is 17.3 Å². The van der Waals surface area contributed by atoms with Crippen LogP contribution in [-0.4, -0.2) is 38.2 Å². The molecule has 0 bridgehead atoms. The molecule has 1 N–H and O–H groups in total. The van der Waals surface area contributed by atoms with E-state index in [2.05, 4.69) is 25.4 Å². The van der Waals surface area contributed by atoms with Crippen molar-refractivity contribution in [2.24, 2.45) is 0 Å². The number of amides is 1. The van der Waals surface area contributed by atoms with E-state index in [1.165, 1.54) is 0 Å². The number of ether oxygens (including phenoxy) is 1. The zero-order valence-corrected chi connectivity index (χ0v) is 14.9. The smallest absolute Gasteiger partial charge is 0.316 e. The normalized spacial score (nSPS) is 19.2. The summed E-state index contributed by atoms with van der Waals surface area (Å²) in [6, 6.07) is 5.42. The molecule has 8 nitrogen and oxygen atoms in total. The van der Waals surface area contributed by atoms with Crippen LogP contribution in [0.15, 0.2) is 47.5 Å². The number of halogens is 1. The van der Waals surface area contributed by atoms with E-state index in [0.29, 0.717) is 5.76 Å². The van der Waals surface area contributed by atoms with Gasteiger partial charge in [0.25, 0.3) is 5.91 Å². The first-order valence-electron chi connectivity index (χ1n) is 8.99. The lowest BCUT2D eigenvalue weighted by Gasteiger charge is -2.28. The Labute approximate surface area is 160 Å². The molecule has 4 rings (SSSR count). The number of carbonyl (C=O) groups excluding carboxylic acids is 1. The second-order valence-electron chi connectivity index (χ2n) is 6.57. The van der Waals surface area contributed by atoms with Crippen molar-refractivity contribution in [3.05, 3.63) is 54.5 Å². The van der Waals surface area contributed by atoms with Crippen LogP contribution in [0.3, 0.4) is 0 Å². The number of aromatic nitrogens is 4. The van der Waals surface area contributed by atoms with Crippen LogP contribution in [0.1, 0.15) is 36.2 Å². The van der Waals surface area contributed by atoms with E-state index in [9.17, 15) is 9.18 Å². The first kappa shape index (κ1) is 18.0. The fraction of sp³-hybridized carbons (Fsp3) is 0.316. The summed E-state index contributed by atoms with van der Waals surface area (Å²) < 4.78 is 23.7. The Morgan fingerprint density at radius 3 is 2.68 bits per heavy atom. The van der Waals surface area contributed by atoms with E-state index in [-0.39, 0.29) is 29.8 Å². The summed E-state index contributed by atoms with van der Waals surface area (Å²) in [5.74, 6) is -0.280. The molecule has 0 radical (unpaired) electrons. The van der Waals surface area contributed by atoms with Crippen LogP contribution in [0.2, 0.25) is 0 Å². The summed E-state index contributed by atoms with van der Waals surface area (Å²) in [6.07, 6.45) is 8.40. The van der Waals surface area contributed by atoms with Gasteiger partial charge < -0.3 is 14.6 Å². The third kappa shape index (κ3) is 4.30. The second kappa shape index (κ2) is 8.12. The maximum atomic E-state index is 12.8.